The van der Waals surface area contributed by atoms with Crippen LogP contribution in [0.4, 0.5) is 32.7 Å². The minimum atomic E-state index is -0.902. The Bertz CT molecular complexity index is 1190. The van der Waals surface area contributed by atoms with Gasteiger partial charge in [0.05, 0.1) is 24.1 Å². The smallest absolute Gasteiger partial charge is 0.407 e. The molecular weight excluding hydrogens is 476 g/mol. The van der Waals surface area contributed by atoms with Crippen molar-refractivity contribution in [3.05, 3.63) is 30.2 Å². The van der Waals surface area contributed by atoms with E-state index in [0.717, 1.165) is 38.3 Å². The molecule has 37 heavy (non-hydrogen) atoms. The summed E-state index contributed by atoms with van der Waals surface area (Å²) >= 11 is 0. The summed E-state index contributed by atoms with van der Waals surface area (Å²) < 4.78 is 0. The van der Waals surface area contributed by atoms with Crippen LogP contribution in [0.5, 0.6) is 0 Å². The van der Waals surface area contributed by atoms with Gasteiger partial charge in [-0.15, -0.1) is 0 Å². The molecule has 0 aromatic carbocycles. The van der Waals surface area contributed by atoms with Gasteiger partial charge in [-0.3, -0.25) is 0 Å². The summed E-state index contributed by atoms with van der Waals surface area (Å²) in [5, 5.41) is 21.9. The highest BCUT2D eigenvalue weighted by Gasteiger charge is 2.34. The van der Waals surface area contributed by atoms with E-state index in [4.69, 9.17) is 10.1 Å². The van der Waals surface area contributed by atoms with E-state index >= 15 is 0 Å². The molecule has 0 unspecified atom stereocenters. The van der Waals surface area contributed by atoms with Crippen LogP contribution in [-0.2, 0) is 0 Å². The fourth-order valence-corrected chi connectivity index (χ4v) is 5.04. The van der Waals surface area contributed by atoms with E-state index in [-0.39, 0.29) is 17.8 Å². The van der Waals surface area contributed by atoms with Crippen LogP contribution in [0.3, 0.4) is 0 Å². The maximum absolute atomic E-state index is 12.5. The number of aromatic nitrogens is 3. The van der Waals surface area contributed by atoms with Gasteiger partial charge in [0.15, 0.2) is 11.5 Å². The molecule has 3 aliphatic heterocycles. The van der Waals surface area contributed by atoms with E-state index in [9.17, 15) is 14.9 Å². The van der Waals surface area contributed by atoms with Crippen molar-refractivity contribution >= 4 is 35.3 Å². The van der Waals surface area contributed by atoms with Crippen molar-refractivity contribution in [2.24, 2.45) is 0 Å². The number of urea groups is 1. The Morgan fingerprint density at radius 2 is 1.86 bits per heavy atom. The van der Waals surface area contributed by atoms with Gasteiger partial charge in [-0.1, -0.05) is 0 Å². The third kappa shape index (κ3) is 5.13. The molecule has 0 aliphatic carbocycles. The SMILES string of the molecule is CN1CCN([C@@H]2CCCN(c3cnc(C#N)c(Nc4ccc(N5CCN(C(=O)O)CC5)nc4)n3)C2)C1=O. The number of carbonyl (C=O) groups is 2. The molecule has 3 amide bonds. The standard InChI is InChI=1S/C24H30N10O3/c1-30-7-12-34(23(30)35)18-3-2-6-33(16-18)21-15-26-19(13-25)22(29-21)28-17-4-5-20(27-14-17)31-8-10-32(11-9-31)24(36)37/h4-5,14-15,18H,2-3,6-12,16H2,1H3,(H,28,29)(H,36,37)/t18-/m1/s1. The summed E-state index contributed by atoms with van der Waals surface area (Å²) in [6, 6.07) is 6.00. The van der Waals surface area contributed by atoms with Gasteiger partial charge < -0.3 is 34.9 Å². The van der Waals surface area contributed by atoms with Gasteiger partial charge in [-0.25, -0.2) is 24.5 Å². The summed E-state index contributed by atoms with van der Waals surface area (Å²) in [6.45, 7) is 4.98. The fourth-order valence-electron chi connectivity index (χ4n) is 5.04. The average Bonchev–Trinajstić information content (AvgIpc) is 3.27. The number of carbonyl (C=O) groups excluding carboxylic acids is 1. The number of likely N-dealkylation sites (N-methyl/N-ethyl adjacent to an activating group) is 1. The number of anilines is 4. The first-order valence-corrected chi connectivity index (χ1v) is 12.4. The molecule has 5 rings (SSSR count). The second kappa shape index (κ2) is 10.3. The van der Waals surface area contributed by atoms with E-state index in [1.165, 1.54) is 4.90 Å². The predicted octanol–water partition coefficient (Wildman–Crippen LogP) is 1.62. The van der Waals surface area contributed by atoms with E-state index in [2.05, 4.69) is 26.3 Å². The maximum atomic E-state index is 12.5. The summed E-state index contributed by atoms with van der Waals surface area (Å²) in [7, 11) is 1.83. The van der Waals surface area contributed by atoms with Crippen LogP contribution in [0.25, 0.3) is 0 Å². The van der Waals surface area contributed by atoms with Crippen LogP contribution in [0, 0.1) is 11.3 Å². The van der Waals surface area contributed by atoms with Crippen molar-refractivity contribution in [1.29, 1.82) is 5.26 Å². The molecule has 0 radical (unpaired) electrons. The molecule has 1 atom stereocenters. The van der Waals surface area contributed by atoms with Crippen LogP contribution in [0.1, 0.15) is 18.5 Å². The van der Waals surface area contributed by atoms with Crippen LogP contribution < -0.4 is 15.1 Å². The number of nitriles is 1. The van der Waals surface area contributed by atoms with Gasteiger partial charge in [-0.05, 0) is 25.0 Å². The van der Waals surface area contributed by atoms with Gasteiger partial charge in [0.1, 0.15) is 17.7 Å². The van der Waals surface area contributed by atoms with Crippen molar-refractivity contribution in [2.75, 3.05) is 74.5 Å². The lowest BCUT2D eigenvalue weighted by Gasteiger charge is -2.37. The van der Waals surface area contributed by atoms with Crippen molar-refractivity contribution < 1.29 is 14.7 Å². The van der Waals surface area contributed by atoms with Crippen LogP contribution in [0.2, 0.25) is 0 Å². The number of piperidine rings is 1. The van der Waals surface area contributed by atoms with Crippen LogP contribution >= 0.6 is 0 Å². The third-order valence-corrected chi connectivity index (χ3v) is 7.16. The topological polar surface area (TPSA) is 145 Å². The number of carboxylic acid groups (broad SMARTS) is 1. The molecule has 3 saturated heterocycles. The Morgan fingerprint density at radius 3 is 2.51 bits per heavy atom. The summed E-state index contributed by atoms with van der Waals surface area (Å²) in [6.07, 6.45) is 4.27. The molecule has 0 bridgehead atoms. The van der Waals surface area contributed by atoms with Gasteiger partial charge in [0, 0.05) is 59.4 Å². The van der Waals surface area contributed by atoms with Crippen molar-refractivity contribution in [3.63, 3.8) is 0 Å². The summed E-state index contributed by atoms with van der Waals surface area (Å²) in [5.41, 5.74) is 0.848. The molecule has 0 saturated carbocycles. The molecule has 13 heteroatoms. The Labute approximate surface area is 214 Å². The zero-order valence-corrected chi connectivity index (χ0v) is 20.7. The molecule has 2 aromatic heterocycles. The van der Waals surface area contributed by atoms with Gasteiger partial charge in [0.2, 0.25) is 0 Å². The molecule has 3 fully saturated rings. The van der Waals surface area contributed by atoms with Gasteiger partial charge in [-0.2, -0.15) is 5.26 Å². The number of nitrogens with zero attached hydrogens (tertiary/aromatic N) is 9. The lowest BCUT2D eigenvalue weighted by atomic mass is 10.0. The molecule has 2 aromatic rings. The maximum Gasteiger partial charge on any atom is 0.407 e. The van der Waals surface area contributed by atoms with E-state index in [1.54, 1.807) is 17.3 Å². The largest absolute Gasteiger partial charge is 0.465 e. The Balaban J connectivity index is 1.27. The number of hydrogen-bond acceptors (Lipinski definition) is 9. The Hall–Kier alpha value is -4.34. The molecule has 5 heterocycles. The number of nitrogens with one attached hydrogen (secondary N) is 1. The second-order valence-corrected chi connectivity index (χ2v) is 9.46. The first-order valence-electron chi connectivity index (χ1n) is 12.4. The molecule has 2 N–H and O–H groups in total. The average molecular weight is 507 g/mol. The normalized spacial score (nSPS) is 20.3. The first kappa shape index (κ1) is 24.4. The number of pyridine rings is 1. The highest BCUT2D eigenvalue weighted by Crippen LogP contribution is 2.26. The number of rotatable bonds is 5. The van der Waals surface area contributed by atoms with Gasteiger partial charge >= 0.3 is 12.1 Å². The predicted molar refractivity (Wildman–Crippen MR) is 136 cm³/mol. The second-order valence-electron chi connectivity index (χ2n) is 9.46. The lowest BCUT2D eigenvalue weighted by molar-refractivity contribution is 0.142. The quantitative estimate of drug-likeness (QED) is 0.613. The molecule has 0 spiro atoms. The minimum absolute atomic E-state index is 0.0693. The monoisotopic (exact) mass is 506 g/mol. The lowest BCUT2D eigenvalue weighted by Crippen LogP contribution is -2.49. The van der Waals surface area contributed by atoms with Crippen molar-refractivity contribution in [2.45, 2.75) is 18.9 Å². The molecule has 13 nitrogen and oxygen atoms in total. The number of hydrogen-bond donors (Lipinski definition) is 2. The minimum Gasteiger partial charge on any atom is -0.465 e. The number of amides is 3. The zero-order chi connectivity index (χ0) is 25.9. The van der Waals surface area contributed by atoms with Crippen LogP contribution in [-0.4, -0.2) is 112 Å². The van der Waals surface area contributed by atoms with Gasteiger partial charge in [0.25, 0.3) is 0 Å². The van der Waals surface area contributed by atoms with Crippen molar-refractivity contribution in [3.8, 4) is 6.07 Å². The Morgan fingerprint density at radius 1 is 1.05 bits per heavy atom. The first-order chi connectivity index (χ1) is 17.9. The summed E-state index contributed by atoms with van der Waals surface area (Å²) in [4.78, 5) is 46.4. The van der Waals surface area contributed by atoms with Crippen LogP contribution in [0.15, 0.2) is 24.5 Å². The molecular formula is C24H30N10O3. The fraction of sp³-hybridized carbons (Fsp3) is 0.500. The summed E-state index contributed by atoms with van der Waals surface area (Å²) in [5.74, 6) is 1.77. The van der Waals surface area contributed by atoms with E-state index in [0.29, 0.717) is 50.0 Å². The third-order valence-electron chi connectivity index (χ3n) is 7.16. The van der Waals surface area contributed by atoms with E-state index < -0.39 is 6.09 Å². The Kier molecular flexibility index (Phi) is 6.80. The highest BCUT2D eigenvalue weighted by atomic mass is 16.4. The van der Waals surface area contributed by atoms with E-state index in [1.807, 2.05) is 29.0 Å². The number of piperazine rings is 1. The molecule has 3 aliphatic rings. The van der Waals surface area contributed by atoms with Crippen molar-refractivity contribution in [1.82, 2.24) is 29.7 Å². The highest BCUT2D eigenvalue weighted by molar-refractivity contribution is 5.76. The zero-order valence-electron chi connectivity index (χ0n) is 20.7. The molecule has 194 valence electrons.